The van der Waals surface area contributed by atoms with E-state index in [0.717, 1.165) is 30.0 Å². The summed E-state index contributed by atoms with van der Waals surface area (Å²) in [6, 6.07) is 0. The van der Waals surface area contributed by atoms with E-state index >= 15 is 0 Å². The van der Waals surface area contributed by atoms with Gasteiger partial charge in [-0.3, -0.25) is 9.89 Å². The van der Waals surface area contributed by atoms with E-state index in [1.165, 1.54) is 19.3 Å². The van der Waals surface area contributed by atoms with Gasteiger partial charge >= 0.3 is 0 Å². The molecule has 1 aliphatic rings. The lowest BCUT2D eigenvalue weighted by molar-refractivity contribution is 0.0994. The zero-order valence-corrected chi connectivity index (χ0v) is 12.0. The molecule has 0 atom stereocenters. The van der Waals surface area contributed by atoms with Gasteiger partial charge in [-0.15, -0.1) is 0 Å². The lowest BCUT2D eigenvalue weighted by atomic mass is 10.1. The van der Waals surface area contributed by atoms with Crippen molar-refractivity contribution in [3.8, 4) is 0 Å². The molecule has 1 aromatic rings. The van der Waals surface area contributed by atoms with E-state index in [2.05, 4.69) is 21.7 Å². The number of carbonyl (C=O) groups excluding carboxylic acids is 1. The molecular formula is C15H22N4O. The number of hydrogen-bond donors (Lipinski definition) is 2. The number of nitrogens with zero attached hydrogens (tertiary/aromatic N) is 2. The quantitative estimate of drug-likeness (QED) is 0.807. The van der Waals surface area contributed by atoms with E-state index in [-0.39, 0.29) is 0 Å². The minimum atomic E-state index is -0.493. The number of hydrogen-bond acceptors (Lipinski definition) is 3. The fourth-order valence-electron chi connectivity index (χ4n) is 2.54. The van der Waals surface area contributed by atoms with Crippen LogP contribution >= 0.6 is 0 Å². The Hall–Kier alpha value is -2.04. The maximum absolute atomic E-state index is 11.3. The molecule has 1 amide bonds. The Balaban J connectivity index is 2.10. The summed E-state index contributed by atoms with van der Waals surface area (Å²) in [5.41, 5.74) is 8.33. The van der Waals surface area contributed by atoms with Crippen molar-refractivity contribution in [3.05, 3.63) is 35.3 Å². The number of nitrogens with two attached hydrogens (primary N) is 1. The van der Waals surface area contributed by atoms with Gasteiger partial charge in [0, 0.05) is 24.4 Å². The Bertz CT molecular complexity index is 524. The first kappa shape index (κ1) is 14.4. The number of aromatic nitrogens is 2. The lowest BCUT2D eigenvalue weighted by Gasteiger charge is -2.28. The van der Waals surface area contributed by atoms with Gasteiger partial charge < -0.3 is 10.6 Å². The van der Waals surface area contributed by atoms with Crippen LogP contribution in [0.2, 0.25) is 0 Å². The number of rotatable bonds is 5. The molecule has 0 unspecified atom stereocenters. The minimum Gasteiger partial charge on any atom is -0.372 e. The van der Waals surface area contributed by atoms with Crippen LogP contribution in [0.5, 0.6) is 0 Å². The minimum absolute atomic E-state index is 0.329. The number of likely N-dealkylation sites (tertiary alicyclic amines) is 1. The molecule has 3 N–H and O–H groups in total. The number of piperidine rings is 1. The summed E-state index contributed by atoms with van der Waals surface area (Å²) < 4.78 is 0. The van der Waals surface area contributed by atoms with Gasteiger partial charge in [0.05, 0.1) is 5.69 Å². The Labute approximate surface area is 119 Å². The van der Waals surface area contributed by atoms with E-state index in [0.29, 0.717) is 12.1 Å². The molecule has 5 heteroatoms. The molecule has 0 aromatic carbocycles. The Morgan fingerprint density at radius 1 is 1.45 bits per heavy atom. The second kappa shape index (κ2) is 6.41. The van der Waals surface area contributed by atoms with E-state index < -0.39 is 5.91 Å². The number of nitrogens with one attached hydrogen (secondary N) is 1. The monoisotopic (exact) mass is 274 g/mol. The first-order chi connectivity index (χ1) is 9.63. The molecule has 2 rings (SSSR count). The highest BCUT2D eigenvalue weighted by Crippen LogP contribution is 2.17. The molecule has 0 bridgehead atoms. The number of primary amides is 1. The standard InChI is InChI=1S/C15H22N4O/c1-3-12-13(17-18-14(12)15(16)20)8-7-11(2)19-9-5-4-6-10-19/h7-8H,2-6,9-10H2,1H3,(H2,16,20)(H,17,18)/b8-7-. The first-order valence-corrected chi connectivity index (χ1v) is 7.12. The lowest BCUT2D eigenvalue weighted by Crippen LogP contribution is -2.27. The van der Waals surface area contributed by atoms with E-state index in [4.69, 9.17) is 5.73 Å². The molecule has 2 heterocycles. The largest absolute Gasteiger partial charge is 0.372 e. The fourth-order valence-corrected chi connectivity index (χ4v) is 2.54. The molecule has 1 aliphatic heterocycles. The van der Waals surface area contributed by atoms with Crippen LogP contribution in [0.4, 0.5) is 0 Å². The molecule has 0 spiro atoms. The van der Waals surface area contributed by atoms with Gasteiger partial charge in [-0.05, 0) is 37.8 Å². The van der Waals surface area contributed by atoms with Crippen molar-refractivity contribution in [2.45, 2.75) is 32.6 Å². The third-order valence-electron chi connectivity index (χ3n) is 3.69. The predicted molar refractivity (Wildman–Crippen MR) is 80.1 cm³/mol. The van der Waals surface area contributed by atoms with Crippen LogP contribution < -0.4 is 5.73 Å². The average Bonchev–Trinajstić information content (AvgIpc) is 2.88. The normalized spacial score (nSPS) is 15.8. The van der Waals surface area contributed by atoms with Crippen LogP contribution in [0, 0.1) is 0 Å². The summed E-state index contributed by atoms with van der Waals surface area (Å²) in [5.74, 6) is -0.493. The maximum Gasteiger partial charge on any atom is 0.269 e. The van der Waals surface area contributed by atoms with Crippen molar-refractivity contribution in [1.29, 1.82) is 0 Å². The number of aromatic amines is 1. The highest BCUT2D eigenvalue weighted by Gasteiger charge is 2.14. The SMILES string of the molecule is C=C(/C=C\c1[nH]nc(C(N)=O)c1CC)N1CCCCC1. The molecule has 1 saturated heterocycles. The van der Waals surface area contributed by atoms with Gasteiger partial charge in [-0.2, -0.15) is 5.10 Å². The summed E-state index contributed by atoms with van der Waals surface area (Å²) in [6.45, 7) is 8.22. The molecule has 0 radical (unpaired) electrons. The van der Waals surface area contributed by atoms with Crippen molar-refractivity contribution in [1.82, 2.24) is 15.1 Å². The number of H-pyrrole nitrogens is 1. The first-order valence-electron chi connectivity index (χ1n) is 7.12. The van der Waals surface area contributed by atoms with Crippen molar-refractivity contribution < 1.29 is 4.79 Å². The average molecular weight is 274 g/mol. The third-order valence-corrected chi connectivity index (χ3v) is 3.69. The molecule has 108 valence electrons. The highest BCUT2D eigenvalue weighted by atomic mass is 16.1. The highest BCUT2D eigenvalue weighted by molar-refractivity contribution is 5.93. The number of allylic oxidation sites excluding steroid dienone is 1. The predicted octanol–water partition coefficient (Wildman–Crippen LogP) is 2.08. The number of amides is 1. The summed E-state index contributed by atoms with van der Waals surface area (Å²) >= 11 is 0. The van der Waals surface area contributed by atoms with Crippen LogP contribution in [0.1, 0.15) is 47.9 Å². The summed E-state index contributed by atoms with van der Waals surface area (Å²) in [6.07, 6.45) is 8.37. The van der Waals surface area contributed by atoms with E-state index in [9.17, 15) is 4.79 Å². The second-order valence-corrected chi connectivity index (χ2v) is 5.05. The van der Waals surface area contributed by atoms with Gasteiger partial charge in [0.1, 0.15) is 0 Å². The van der Waals surface area contributed by atoms with Crippen LogP contribution in [0.15, 0.2) is 18.4 Å². The molecule has 1 aromatic heterocycles. The van der Waals surface area contributed by atoms with Crippen LogP contribution in [-0.4, -0.2) is 34.1 Å². The molecule has 0 saturated carbocycles. The van der Waals surface area contributed by atoms with Crippen molar-refractivity contribution in [2.75, 3.05) is 13.1 Å². The Kier molecular flexibility index (Phi) is 4.61. The third kappa shape index (κ3) is 3.10. The van der Waals surface area contributed by atoms with E-state index in [1.807, 2.05) is 19.1 Å². The molecule has 20 heavy (non-hydrogen) atoms. The van der Waals surface area contributed by atoms with Gasteiger partial charge in [0.15, 0.2) is 5.69 Å². The molecular weight excluding hydrogens is 252 g/mol. The number of carbonyl (C=O) groups is 1. The van der Waals surface area contributed by atoms with E-state index in [1.54, 1.807) is 0 Å². The second-order valence-electron chi connectivity index (χ2n) is 5.05. The fraction of sp³-hybridized carbons (Fsp3) is 0.467. The van der Waals surface area contributed by atoms with Crippen molar-refractivity contribution in [3.63, 3.8) is 0 Å². The summed E-state index contributed by atoms with van der Waals surface area (Å²) in [4.78, 5) is 13.6. The van der Waals surface area contributed by atoms with Gasteiger partial charge in [-0.25, -0.2) is 0 Å². The molecule has 0 aliphatic carbocycles. The Morgan fingerprint density at radius 2 is 2.15 bits per heavy atom. The van der Waals surface area contributed by atoms with Gasteiger partial charge in [0.25, 0.3) is 5.91 Å². The van der Waals surface area contributed by atoms with Crippen molar-refractivity contribution in [2.24, 2.45) is 5.73 Å². The van der Waals surface area contributed by atoms with Crippen molar-refractivity contribution >= 4 is 12.0 Å². The zero-order valence-electron chi connectivity index (χ0n) is 12.0. The van der Waals surface area contributed by atoms with Crippen LogP contribution in [-0.2, 0) is 6.42 Å². The molecule has 1 fully saturated rings. The topological polar surface area (TPSA) is 75.0 Å². The summed E-state index contributed by atoms with van der Waals surface area (Å²) in [7, 11) is 0. The smallest absolute Gasteiger partial charge is 0.269 e. The Morgan fingerprint density at radius 3 is 2.75 bits per heavy atom. The summed E-state index contributed by atoms with van der Waals surface area (Å²) in [5, 5.41) is 6.85. The zero-order chi connectivity index (χ0) is 14.5. The van der Waals surface area contributed by atoms with Gasteiger partial charge in [-0.1, -0.05) is 13.5 Å². The van der Waals surface area contributed by atoms with Crippen LogP contribution in [0.3, 0.4) is 0 Å². The molecule has 5 nitrogen and oxygen atoms in total. The van der Waals surface area contributed by atoms with Crippen LogP contribution in [0.25, 0.3) is 6.08 Å². The van der Waals surface area contributed by atoms with Gasteiger partial charge in [0.2, 0.25) is 0 Å². The maximum atomic E-state index is 11.3.